The molecule has 1 saturated heterocycles. The van der Waals surface area contributed by atoms with Crippen LogP contribution >= 0.6 is 0 Å². The smallest absolute Gasteiger partial charge is 0.223 e. The zero-order valence-electron chi connectivity index (χ0n) is 16.4. The van der Waals surface area contributed by atoms with E-state index in [2.05, 4.69) is 22.6 Å². The van der Waals surface area contributed by atoms with Gasteiger partial charge in [0, 0.05) is 31.7 Å². The summed E-state index contributed by atoms with van der Waals surface area (Å²) in [7, 11) is 3.92. The maximum atomic E-state index is 13.3. The van der Waals surface area contributed by atoms with E-state index in [0.717, 1.165) is 50.8 Å². The average Bonchev–Trinajstić information content (AvgIpc) is 2.68. The molecule has 3 rings (SSSR count). The van der Waals surface area contributed by atoms with Crippen LogP contribution in [0, 0.1) is 11.7 Å². The van der Waals surface area contributed by atoms with Crippen LogP contribution < -0.4 is 10.6 Å². The third-order valence-corrected chi connectivity index (χ3v) is 5.98. The number of likely N-dealkylation sites (tertiary alicyclic amines) is 1. The number of rotatable bonds is 6. The molecule has 1 heterocycles. The molecule has 2 N–H and O–H groups in total. The highest BCUT2D eigenvalue weighted by molar-refractivity contribution is 5.78. The minimum absolute atomic E-state index is 0.0197. The van der Waals surface area contributed by atoms with E-state index in [-0.39, 0.29) is 29.8 Å². The number of halogens is 1. The van der Waals surface area contributed by atoms with Crippen LogP contribution in [0.3, 0.4) is 0 Å². The third-order valence-electron chi connectivity index (χ3n) is 5.98. The highest BCUT2D eigenvalue weighted by Gasteiger charge is 2.35. The van der Waals surface area contributed by atoms with E-state index in [1.807, 2.05) is 6.07 Å². The molecule has 1 aromatic rings. The van der Waals surface area contributed by atoms with Crippen LogP contribution in [0.15, 0.2) is 24.3 Å². The summed E-state index contributed by atoms with van der Waals surface area (Å²) >= 11 is 0. The minimum Gasteiger partial charge on any atom is -0.380 e. The third kappa shape index (κ3) is 5.74. The number of methoxy groups -OCH3 is 1. The van der Waals surface area contributed by atoms with Gasteiger partial charge >= 0.3 is 0 Å². The van der Waals surface area contributed by atoms with Crippen LogP contribution in [0.2, 0.25) is 0 Å². The number of nitrogens with one attached hydrogen (secondary N) is 2. The summed E-state index contributed by atoms with van der Waals surface area (Å²) in [6, 6.07) is 7.08. The highest BCUT2D eigenvalue weighted by atomic mass is 19.1. The molecule has 3 atom stereocenters. The number of piperidine rings is 1. The number of ether oxygens (including phenoxy) is 1. The van der Waals surface area contributed by atoms with Crippen molar-refractivity contribution in [2.75, 3.05) is 27.2 Å². The lowest BCUT2D eigenvalue weighted by atomic mass is 9.82. The summed E-state index contributed by atoms with van der Waals surface area (Å²) in [5, 5.41) is 6.74. The predicted molar refractivity (Wildman–Crippen MR) is 104 cm³/mol. The minimum atomic E-state index is -0.273. The van der Waals surface area contributed by atoms with Gasteiger partial charge in [-0.1, -0.05) is 12.1 Å². The standard InChI is InChI=1S/C21H32FN3O2/c1-25-10-8-18(9-11-25)24-19-13-16(6-7-20(19)27-2)21(26)23-14-15-4-3-5-17(22)12-15/h3-5,12,16,18-20,24H,6-11,13-14H2,1-2H3,(H,23,26)/t16-,19+,20+/m0/s1. The monoisotopic (exact) mass is 377 g/mol. The van der Waals surface area contributed by atoms with Crippen molar-refractivity contribution >= 4 is 5.91 Å². The van der Waals surface area contributed by atoms with Crippen molar-refractivity contribution < 1.29 is 13.9 Å². The molecule has 0 radical (unpaired) electrons. The quantitative estimate of drug-likeness (QED) is 0.799. The number of hydrogen-bond acceptors (Lipinski definition) is 4. The molecule has 0 spiro atoms. The molecule has 0 bridgehead atoms. The molecule has 1 aromatic carbocycles. The Balaban J connectivity index is 1.52. The first-order valence-electron chi connectivity index (χ1n) is 10.0. The fourth-order valence-electron chi connectivity index (χ4n) is 4.30. The Morgan fingerprint density at radius 3 is 2.74 bits per heavy atom. The Labute approximate surface area is 161 Å². The van der Waals surface area contributed by atoms with E-state index in [4.69, 9.17) is 4.74 Å². The van der Waals surface area contributed by atoms with E-state index in [9.17, 15) is 9.18 Å². The van der Waals surface area contributed by atoms with E-state index in [1.165, 1.54) is 12.1 Å². The van der Waals surface area contributed by atoms with Crippen LogP contribution in [0.5, 0.6) is 0 Å². The lowest BCUT2D eigenvalue weighted by Gasteiger charge is -2.39. The van der Waals surface area contributed by atoms with Gasteiger partial charge in [-0.3, -0.25) is 4.79 Å². The summed E-state index contributed by atoms with van der Waals surface area (Å²) in [6.45, 7) is 2.59. The van der Waals surface area contributed by atoms with Crippen LogP contribution in [0.25, 0.3) is 0 Å². The average molecular weight is 378 g/mol. The number of benzene rings is 1. The zero-order valence-corrected chi connectivity index (χ0v) is 16.4. The molecule has 5 nitrogen and oxygen atoms in total. The molecule has 2 fully saturated rings. The number of hydrogen-bond donors (Lipinski definition) is 2. The van der Waals surface area contributed by atoms with Gasteiger partial charge in [-0.2, -0.15) is 0 Å². The maximum Gasteiger partial charge on any atom is 0.223 e. The lowest BCUT2D eigenvalue weighted by Crippen LogP contribution is -2.53. The van der Waals surface area contributed by atoms with E-state index >= 15 is 0 Å². The molecule has 0 unspecified atom stereocenters. The van der Waals surface area contributed by atoms with Crippen LogP contribution in [0.1, 0.15) is 37.7 Å². The SMILES string of the molecule is CO[C@@H]1CC[C@H](C(=O)NCc2cccc(F)c2)C[C@H]1NC1CCN(C)CC1. The number of carbonyl (C=O) groups is 1. The van der Waals surface area contributed by atoms with E-state index in [1.54, 1.807) is 13.2 Å². The van der Waals surface area contributed by atoms with Crippen LogP contribution in [-0.4, -0.2) is 56.2 Å². The first-order valence-corrected chi connectivity index (χ1v) is 10.0. The summed E-state index contributed by atoms with van der Waals surface area (Å²) in [5.41, 5.74) is 0.787. The maximum absolute atomic E-state index is 13.3. The fraction of sp³-hybridized carbons (Fsp3) is 0.667. The zero-order chi connectivity index (χ0) is 19.2. The summed E-state index contributed by atoms with van der Waals surface area (Å²) in [4.78, 5) is 15.0. The summed E-state index contributed by atoms with van der Waals surface area (Å²) < 4.78 is 19.0. The lowest BCUT2D eigenvalue weighted by molar-refractivity contribution is -0.127. The summed E-state index contributed by atoms with van der Waals surface area (Å²) in [6.07, 6.45) is 4.95. The Morgan fingerprint density at radius 2 is 2.04 bits per heavy atom. The van der Waals surface area contributed by atoms with Gasteiger partial charge < -0.3 is 20.3 Å². The molecule has 1 aliphatic heterocycles. The van der Waals surface area contributed by atoms with Crippen molar-refractivity contribution in [3.63, 3.8) is 0 Å². The van der Waals surface area contributed by atoms with Crippen molar-refractivity contribution in [3.05, 3.63) is 35.6 Å². The normalized spacial score (nSPS) is 27.4. The van der Waals surface area contributed by atoms with Gasteiger partial charge in [-0.15, -0.1) is 0 Å². The van der Waals surface area contributed by atoms with Gasteiger partial charge in [0.25, 0.3) is 0 Å². The van der Waals surface area contributed by atoms with E-state index in [0.29, 0.717) is 12.6 Å². The van der Waals surface area contributed by atoms with E-state index < -0.39 is 0 Å². The second-order valence-corrected chi connectivity index (χ2v) is 7.98. The molecular weight excluding hydrogens is 345 g/mol. The van der Waals surface area contributed by atoms with Gasteiger partial charge in [-0.25, -0.2) is 4.39 Å². The molecule has 150 valence electrons. The number of amides is 1. The predicted octanol–water partition coefficient (Wildman–Crippen LogP) is 2.31. The van der Waals surface area contributed by atoms with Crippen LogP contribution in [0.4, 0.5) is 4.39 Å². The molecule has 1 saturated carbocycles. The van der Waals surface area contributed by atoms with Crippen molar-refractivity contribution in [2.24, 2.45) is 5.92 Å². The van der Waals surface area contributed by atoms with Gasteiger partial charge in [-0.05, 0) is 69.9 Å². The first-order chi connectivity index (χ1) is 13.0. The van der Waals surface area contributed by atoms with Gasteiger partial charge in [0.1, 0.15) is 5.82 Å². The number of carbonyl (C=O) groups excluding carboxylic acids is 1. The van der Waals surface area contributed by atoms with Crippen LogP contribution in [-0.2, 0) is 16.1 Å². The largest absolute Gasteiger partial charge is 0.380 e. The van der Waals surface area contributed by atoms with Crippen molar-refractivity contribution in [3.8, 4) is 0 Å². The van der Waals surface area contributed by atoms with Gasteiger partial charge in [0.05, 0.1) is 6.10 Å². The van der Waals surface area contributed by atoms with Gasteiger partial charge in [0.15, 0.2) is 0 Å². The van der Waals surface area contributed by atoms with Gasteiger partial charge in [0.2, 0.25) is 5.91 Å². The molecule has 27 heavy (non-hydrogen) atoms. The van der Waals surface area contributed by atoms with Crippen molar-refractivity contribution in [2.45, 2.75) is 56.8 Å². The molecule has 0 aromatic heterocycles. The second-order valence-electron chi connectivity index (χ2n) is 7.98. The highest BCUT2D eigenvalue weighted by Crippen LogP contribution is 2.28. The Bertz CT molecular complexity index is 619. The second kappa shape index (κ2) is 9.62. The molecular formula is C21H32FN3O2. The van der Waals surface area contributed by atoms with Crippen molar-refractivity contribution in [1.29, 1.82) is 0 Å². The molecule has 6 heteroatoms. The number of nitrogens with zero attached hydrogens (tertiary/aromatic N) is 1. The Morgan fingerprint density at radius 1 is 1.26 bits per heavy atom. The molecule has 1 aliphatic carbocycles. The molecule has 1 amide bonds. The Hall–Kier alpha value is -1.50. The summed E-state index contributed by atoms with van der Waals surface area (Å²) in [5.74, 6) is -0.234. The Kier molecular flexibility index (Phi) is 7.21. The fourth-order valence-corrected chi connectivity index (χ4v) is 4.30. The molecule has 2 aliphatic rings. The topological polar surface area (TPSA) is 53.6 Å². The first kappa shape index (κ1) is 20.2. The van der Waals surface area contributed by atoms with Crippen molar-refractivity contribution in [1.82, 2.24) is 15.5 Å².